The van der Waals surface area contributed by atoms with Crippen molar-refractivity contribution in [3.63, 3.8) is 0 Å². The highest BCUT2D eigenvalue weighted by Gasteiger charge is 2.52. The van der Waals surface area contributed by atoms with Crippen molar-refractivity contribution < 1.29 is 33.3 Å². The number of rotatable bonds is 7. The van der Waals surface area contributed by atoms with Gasteiger partial charge in [-0.1, -0.05) is 59.1 Å². The summed E-state index contributed by atoms with van der Waals surface area (Å²) < 4.78 is 25.6. The average Bonchev–Trinajstić information content (AvgIpc) is 2.70. The van der Waals surface area contributed by atoms with E-state index in [-0.39, 0.29) is 12.2 Å². The molecule has 170 valence electrons. The summed E-state index contributed by atoms with van der Waals surface area (Å²) in [6, 6.07) is 8.22. The van der Waals surface area contributed by atoms with E-state index in [4.69, 9.17) is 63.9 Å². The number of ether oxygens (including phenoxy) is 5. The van der Waals surface area contributed by atoms with Crippen molar-refractivity contribution in [1.82, 2.24) is 0 Å². The van der Waals surface area contributed by atoms with Crippen LogP contribution in [0, 0.1) is 5.41 Å². The van der Waals surface area contributed by atoms with Gasteiger partial charge < -0.3 is 23.7 Å². The van der Waals surface area contributed by atoms with Gasteiger partial charge in [0, 0.05) is 6.92 Å². The average molecular weight is 495 g/mol. The van der Waals surface area contributed by atoms with Crippen LogP contribution in [-0.2, 0) is 28.5 Å². The molecule has 2 rings (SSSR count). The second-order valence-corrected chi connectivity index (χ2v) is 8.83. The predicted octanol–water partition coefficient (Wildman–Crippen LogP) is 3.82. The molecule has 1 N–H and O–H groups in total. The topological polar surface area (TPSA) is 104 Å². The van der Waals surface area contributed by atoms with Crippen molar-refractivity contribution in [2.45, 2.75) is 48.3 Å². The number of carbonyl (C=O) groups excluding carboxylic acids is 2. The first-order chi connectivity index (χ1) is 14.5. The van der Waals surface area contributed by atoms with Gasteiger partial charge in [0.25, 0.3) is 3.79 Å². The van der Waals surface area contributed by atoms with Crippen LogP contribution in [0.2, 0.25) is 0 Å². The summed E-state index contributed by atoms with van der Waals surface area (Å²) in [7, 11) is 0. The highest BCUT2D eigenvalue weighted by Crippen LogP contribution is 2.34. The first-order valence-corrected chi connectivity index (χ1v) is 10.3. The van der Waals surface area contributed by atoms with Crippen LogP contribution < -0.4 is 0 Å². The molecule has 1 aromatic carbocycles. The molecule has 0 aliphatic carbocycles. The molecule has 5 atom stereocenters. The molecule has 0 amide bonds. The fourth-order valence-corrected chi connectivity index (χ4v) is 2.99. The van der Waals surface area contributed by atoms with E-state index in [1.165, 1.54) is 13.0 Å². The maximum atomic E-state index is 12.7. The van der Waals surface area contributed by atoms with E-state index in [9.17, 15) is 9.59 Å². The summed E-state index contributed by atoms with van der Waals surface area (Å²) in [6.07, 6.45) is -4.07. The van der Waals surface area contributed by atoms with Crippen LogP contribution in [0.25, 0.3) is 0 Å². The highest BCUT2D eigenvalue weighted by molar-refractivity contribution is 6.76. The van der Waals surface area contributed by atoms with Crippen molar-refractivity contribution in [2.24, 2.45) is 0 Å². The zero-order valence-corrected chi connectivity index (χ0v) is 19.0. The van der Waals surface area contributed by atoms with Gasteiger partial charge in [-0.2, -0.15) is 0 Å². The van der Waals surface area contributed by atoms with Gasteiger partial charge in [-0.05, 0) is 19.1 Å². The summed E-state index contributed by atoms with van der Waals surface area (Å²) in [5.41, 5.74) is 0.277. The molecule has 1 fully saturated rings. The van der Waals surface area contributed by atoms with Crippen molar-refractivity contribution in [3.05, 3.63) is 48.6 Å². The third-order valence-corrected chi connectivity index (χ3v) is 4.69. The zero-order valence-electron chi connectivity index (χ0n) is 16.8. The number of hydrogen-bond acceptors (Lipinski definition) is 8. The first kappa shape index (κ1) is 25.4. The first-order valence-electron chi connectivity index (χ1n) is 9.18. The minimum Gasteiger partial charge on any atom is -0.466 e. The minimum atomic E-state index is -2.20. The second-order valence-electron chi connectivity index (χ2n) is 6.55. The molecule has 0 bridgehead atoms. The Labute approximate surface area is 194 Å². The molecule has 1 heterocycles. The number of esters is 2. The number of alkyl halides is 3. The number of benzene rings is 1. The standard InChI is InChI=1S/C20H22Cl3NO7/c1-4-10-27-18-16(29-12(3)25)15(31-19(24)20(21,22)23)14(11(2)28-18)30-17(26)13-8-6-5-7-9-13/h4-9,11,14-16,18,24H,1,10H2,2-3H3/t11-,14-,15+,16+,18+/m0/s1. The number of carbonyl (C=O) groups is 2. The molecule has 0 saturated carbocycles. The van der Waals surface area contributed by atoms with Crippen molar-refractivity contribution in [2.75, 3.05) is 6.61 Å². The SMILES string of the molecule is C=CCO[C@@H]1O[C@@H](C)[C@H](OC(=O)c2ccccc2)[C@@H](OC(=N)C(Cl)(Cl)Cl)[C@H]1OC(C)=O. The van der Waals surface area contributed by atoms with Crippen molar-refractivity contribution in [3.8, 4) is 0 Å². The third kappa shape index (κ3) is 7.08. The monoisotopic (exact) mass is 493 g/mol. The second kappa shape index (κ2) is 11.2. The lowest BCUT2D eigenvalue weighted by Crippen LogP contribution is -2.61. The molecule has 1 aromatic rings. The lowest BCUT2D eigenvalue weighted by molar-refractivity contribution is -0.291. The van der Waals surface area contributed by atoms with Gasteiger partial charge in [0.2, 0.25) is 5.90 Å². The molecule has 8 nitrogen and oxygen atoms in total. The maximum absolute atomic E-state index is 12.7. The Kier molecular flexibility index (Phi) is 9.14. The van der Waals surface area contributed by atoms with E-state index in [0.29, 0.717) is 0 Å². The fourth-order valence-electron chi connectivity index (χ4n) is 2.85. The molecule has 1 aliphatic rings. The molecule has 0 unspecified atom stereocenters. The Balaban J connectivity index is 2.38. The molecule has 11 heteroatoms. The predicted molar refractivity (Wildman–Crippen MR) is 115 cm³/mol. The van der Waals surface area contributed by atoms with E-state index < -0.39 is 52.3 Å². The summed E-state index contributed by atoms with van der Waals surface area (Å²) in [4.78, 5) is 24.4. The quantitative estimate of drug-likeness (QED) is 0.202. The summed E-state index contributed by atoms with van der Waals surface area (Å²) in [6.45, 7) is 6.41. The van der Waals surface area contributed by atoms with Crippen molar-refractivity contribution >= 4 is 52.6 Å². The van der Waals surface area contributed by atoms with Gasteiger partial charge >= 0.3 is 11.9 Å². The van der Waals surface area contributed by atoms with Crippen LogP contribution in [0.5, 0.6) is 0 Å². The molecule has 1 aliphatic heterocycles. The molecule has 0 aromatic heterocycles. The van der Waals surface area contributed by atoms with Gasteiger partial charge in [0.05, 0.1) is 18.3 Å². The van der Waals surface area contributed by atoms with Crippen LogP contribution in [0.15, 0.2) is 43.0 Å². The lowest BCUT2D eigenvalue weighted by Gasteiger charge is -2.44. The fraction of sp³-hybridized carbons (Fsp3) is 0.450. The Hall–Kier alpha value is -1.84. The summed E-state index contributed by atoms with van der Waals surface area (Å²) in [5.74, 6) is -2.11. The van der Waals surface area contributed by atoms with Gasteiger partial charge in [0.15, 0.2) is 24.6 Å². The van der Waals surface area contributed by atoms with Crippen LogP contribution in [0.1, 0.15) is 24.2 Å². The molecular formula is C20H22Cl3NO7. The smallest absolute Gasteiger partial charge is 0.338 e. The van der Waals surface area contributed by atoms with Crippen LogP contribution in [-0.4, -0.2) is 58.9 Å². The largest absolute Gasteiger partial charge is 0.466 e. The summed E-state index contributed by atoms with van der Waals surface area (Å²) >= 11 is 17.3. The van der Waals surface area contributed by atoms with Crippen LogP contribution in [0.4, 0.5) is 0 Å². The molecule has 1 saturated heterocycles. The molecule has 31 heavy (non-hydrogen) atoms. The van der Waals surface area contributed by atoms with Gasteiger partial charge in [-0.25, -0.2) is 4.79 Å². The molecule has 0 spiro atoms. The van der Waals surface area contributed by atoms with Gasteiger partial charge in [-0.15, -0.1) is 6.58 Å². The molecule has 0 radical (unpaired) electrons. The Bertz CT molecular complexity index is 800. The van der Waals surface area contributed by atoms with Gasteiger partial charge in [-0.3, -0.25) is 10.2 Å². The minimum absolute atomic E-state index is 0.0677. The summed E-state index contributed by atoms with van der Waals surface area (Å²) in [5, 5.41) is 7.96. The van der Waals surface area contributed by atoms with E-state index >= 15 is 0 Å². The lowest BCUT2D eigenvalue weighted by atomic mass is 9.98. The Morgan fingerprint density at radius 2 is 1.77 bits per heavy atom. The highest BCUT2D eigenvalue weighted by atomic mass is 35.6. The number of nitrogens with one attached hydrogen (secondary N) is 1. The normalized spacial score (nSPS) is 25.9. The Morgan fingerprint density at radius 3 is 2.32 bits per heavy atom. The number of hydrogen-bond donors (Lipinski definition) is 1. The van der Waals surface area contributed by atoms with Gasteiger partial charge in [0.1, 0.15) is 0 Å². The zero-order chi connectivity index (χ0) is 23.2. The van der Waals surface area contributed by atoms with Crippen molar-refractivity contribution in [1.29, 1.82) is 5.41 Å². The molecular weight excluding hydrogens is 473 g/mol. The van der Waals surface area contributed by atoms with E-state index in [2.05, 4.69) is 6.58 Å². The van der Waals surface area contributed by atoms with E-state index in [1.54, 1.807) is 37.3 Å². The van der Waals surface area contributed by atoms with Crippen LogP contribution in [0.3, 0.4) is 0 Å². The van der Waals surface area contributed by atoms with Crippen LogP contribution >= 0.6 is 34.8 Å². The maximum Gasteiger partial charge on any atom is 0.338 e. The third-order valence-electron chi connectivity index (χ3n) is 4.17. The Morgan fingerprint density at radius 1 is 1.13 bits per heavy atom. The van der Waals surface area contributed by atoms with E-state index in [1.807, 2.05) is 0 Å². The van der Waals surface area contributed by atoms with E-state index in [0.717, 1.165) is 0 Å². The number of halogens is 3.